The van der Waals surface area contributed by atoms with E-state index in [0.717, 1.165) is 45.6 Å². The highest BCUT2D eigenvalue weighted by molar-refractivity contribution is 8.01. The smallest absolute Gasteiger partial charge is 0.267 e. The normalized spacial score (nSPS) is 14.6. The highest BCUT2D eigenvalue weighted by Crippen LogP contribution is 2.41. The van der Waals surface area contributed by atoms with E-state index in [9.17, 15) is 9.59 Å². The molecular weight excluding hydrogens is 422 g/mol. The largest absolute Gasteiger partial charge is 0.355 e. The van der Waals surface area contributed by atoms with Crippen molar-refractivity contribution in [3.05, 3.63) is 45.7 Å². The third kappa shape index (κ3) is 3.98. The molecule has 1 aromatic carbocycles. The van der Waals surface area contributed by atoms with Gasteiger partial charge in [-0.1, -0.05) is 23.9 Å². The Labute approximate surface area is 182 Å². The molecule has 29 heavy (non-hydrogen) atoms. The van der Waals surface area contributed by atoms with Gasteiger partial charge in [-0.05, 0) is 62.6 Å². The maximum Gasteiger partial charge on any atom is 0.267 e. The lowest BCUT2D eigenvalue weighted by Crippen LogP contribution is -2.31. The standard InChI is InChI=1S/C21H23N3O2S3/c1-4-22-17(25)13(3)28-21-23-18-16(15-9-6-10-27-20(15)29-18)19(26)24(21)14-8-5-7-12(2)11-14/h5,7-8,11,13H,4,6,9-10H2,1-3H3,(H,22,25)/t13-/m1/s1. The number of aromatic nitrogens is 2. The van der Waals surface area contributed by atoms with Crippen LogP contribution in [0.15, 0.2) is 38.4 Å². The molecule has 0 bridgehead atoms. The van der Waals surface area contributed by atoms with Crippen molar-refractivity contribution < 1.29 is 4.79 Å². The lowest BCUT2D eigenvalue weighted by Gasteiger charge is -2.16. The van der Waals surface area contributed by atoms with Gasteiger partial charge in [0.25, 0.3) is 5.56 Å². The van der Waals surface area contributed by atoms with Gasteiger partial charge in [-0.25, -0.2) is 4.98 Å². The third-order valence-electron chi connectivity index (χ3n) is 4.82. The number of nitrogens with zero attached hydrogens (tertiary/aromatic N) is 2. The number of fused-ring (bicyclic) bond motifs is 3. The van der Waals surface area contributed by atoms with Crippen molar-refractivity contribution in [2.45, 2.75) is 48.2 Å². The molecule has 1 amide bonds. The Bertz CT molecular complexity index is 1140. The zero-order chi connectivity index (χ0) is 20.5. The lowest BCUT2D eigenvalue weighted by atomic mass is 10.1. The molecular formula is C21H23N3O2S3. The molecule has 0 aliphatic carbocycles. The fourth-order valence-corrected chi connectivity index (χ4v) is 6.95. The van der Waals surface area contributed by atoms with Crippen LogP contribution < -0.4 is 10.9 Å². The van der Waals surface area contributed by atoms with E-state index in [1.54, 1.807) is 15.9 Å². The maximum atomic E-state index is 13.7. The molecule has 0 fully saturated rings. The van der Waals surface area contributed by atoms with Crippen molar-refractivity contribution in [3.63, 3.8) is 0 Å². The van der Waals surface area contributed by atoms with Crippen LogP contribution in [0.2, 0.25) is 0 Å². The number of hydrogen-bond donors (Lipinski definition) is 1. The van der Waals surface area contributed by atoms with Gasteiger partial charge >= 0.3 is 0 Å². The van der Waals surface area contributed by atoms with Gasteiger partial charge in [0.15, 0.2) is 5.16 Å². The van der Waals surface area contributed by atoms with Crippen LogP contribution in [0.3, 0.4) is 0 Å². The molecule has 8 heteroatoms. The summed E-state index contributed by atoms with van der Waals surface area (Å²) in [6, 6.07) is 7.87. The summed E-state index contributed by atoms with van der Waals surface area (Å²) in [5.74, 6) is 1.03. The first-order valence-electron chi connectivity index (χ1n) is 9.72. The Hall–Kier alpha value is -1.77. The number of benzene rings is 1. The molecule has 152 valence electrons. The number of thiophene rings is 1. The van der Waals surface area contributed by atoms with Crippen LogP contribution in [-0.4, -0.2) is 33.0 Å². The van der Waals surface area contributed by atoms with Gasteiger partial charge in [0.05, 0.1) is 20.5 Å². The topological polar surface area (TPSA) is 64.0 Å². The van der Waals surface area contributed by atoms with E-state index < -0.39 is 0 Å². The highest BCUT2D eigenvalue weighted by Gasteiger charge is 2.25. The summed E-state index contributed by atoms with van der Waals surface area (Å²) < 4.78 is 2.90. The number of hydrogen-bond acceptors (Lipinski definition) is 6. The zero-order valence-electron chi connectivity index (χ0n) is 16.7. The van der Waals surface area contributed by atoms with E-state index in [1.165, 1.54) is 16.0 Å². The van der Waals surface area contributed by atoms with Gasteiger partial charge in [-0.3, -0.25) is 14.2 Å². The molecule has 0 saturated carbocycles. The summed E-state index contributed by atoms with van der Waals surface area (Å²) in [5.41, 5.74) is 2.98. The molecule has 1 aliphatic heterocycles. The number of rotatable bonds is 5. The van der Waals surface area contributed by atoms with Gasteiger partial charge in [0, 0.05) is 6.54 Å². The van der Waals surface area contributed by atoms with Crippen molar-refractivity contribution in [1.29, 1.82) is 0 Å². The Morgan fingerprint density at radius 2 is 2.24 bits per heavy atom. The second-order valence-corrected chi connectivity index (χ2v) is 10.7. The van der Waals surface area contributed by atoms with Crippen LogP contribution in [-0.2, 0) is 11.2 Å². The van der Waals surface area contributed by atoms with Crippen molar-refractivity contribution >= 4 is 51.0 Å². The van der Waals surface area contributed by atoms with E-state index in [-0.39, 0.29) is 16.7 Å². The highest BCUT2D eigenvalue weighted by atomic mass is 32.2. The van der Waals surface area contributed by atoms with Crippen molar-refractivity contribution in [3.8, 4) is 5.69 Å². The number of amides is 1. The second-order valence-electron chi connectivity index (χ2n) is 7.03. The maximum absolute atomic E-state index is 13.7. The van der Waals surface area contributed by atoms with E-state index in [0.29, 0.717) is 11.7 Å². The minimum absolute atomic E-state index is 0.0359. The van der Waals surface area contributed by atoms with Crippen molar-refractivity contribution in [2.75, 3.05) is 12.3 Å². The summed E-state index contributed by atoms with van der Waals surface area (Å²) in [5, 5.41) is 3.81. The molecule has 4 rings (SSSR count). The monoisotopic (exact) mass is 445 g/mol. The molecule has 1 N–H and O–H groups in total. The number of thioether (sulfide) groups is 2. The van der Waals surface area contributed by atoms with Gasteiger partial charge < -0.3 is 5.32 Å². The first kappa shape index (κ1) is 20.5. The fourth-order valence-electron chi connectivity index (χ4n) is 3.43. The number of nitrogens with one attached hydrogen (secondary N) is 1. The van der Waals surface area contributed by atoms with E-state index in [2.05, 4.69) is 5.32 Å². The number of aryl methyl sites for hydroxylation is 2. The van der Waals surface area contributed by atoms with E-state index in [4.69, 9.17) is 4.98 Å². The van der Waals surface area contributed by atoms with Crippen LogP contribution in [0, 0.1) is 6.92 Å². The number of carbonyl (C=O) groups is 1. The Kier molecular flexibility index (Phi) is 6.03. The predicted octanol–water partition coefficient (Wildman–Crippen LogP) is 4.41. The zero-order valence-corrected chi connectivity index (χ0v) is 19.1. The molecule has 5 nitrogen and oxygen atoms in total. The van der Waals surface area contributed by atoms with Crippen molar-refractivity contribution in [2.24, 2.45) is 0 Å². The first-order chi connectivity index (χ1) is 14.0. The predicted molar refractivity (Wildman–Crippen MR) is 123 cm³/mol. The van der Waals surface area contributed by atoms with Gasteiger partial charge in [-0.2, -0.15) is 0 Å². The van der Waals surface area contributed by atoms with E-state index in [1.807, 2.05) is 56.8 Å². The molecule has 3 heterocycles. The van der Waals surface area contributed by atoms with Gasteiger partial charge in [-0.15, -0.1) is 23.1 Å². The van der Waals surface area contributed by atoms with Crippen LogP contribution in [0.4, 0.5) is 0 Å². The quantitative estimate of drug-likeness (QED) is 0.466. The minimum Gasteiger partial charge on any atom is -0.355 e. The van der Waals surface area contributed by atoms with Crippen LogP contribution in [0.5, 0.6) is 0 Å². The Balaban J connectivity index is 1.92. The summed E-state index contributed by atoms with van der Waals surface area (Å²) in [7, 11) is 0. The average Bonchev–Trinajstić information content (AvgIpc) is 3.06. The van der Waals surface area contributed by atoms with Crippen LogP contribution in [0.1, 0.15) is 31.4 Å². The molecule has 0 spiro atoms. The molecule has 3 aromatic rings. The molecule has 0 saturated heterocycles. The SMILES string of the molecule is CCNC(=O)[C@@H](C)Sc1nc2sc3c(c2c(=O)n1-c1cccc(C)c1)CCCS3. The lowest BCUT2D eigenvalue weighted by molar-refractivity contribution is -0.120. The second kappa shape index (κ2) is 8.53. The third-order valence-corrected chi connectivity index (χ3v) is 8.40. The molecule has 0 unspecified atom stereocenters. The Morgan fingerprint density at radius 1 is 1.41 bits per heavy atom. The summed E-state index contributed by atoms with van der Waals surface area (Å²) in [4.78, 5) is 31.6. The molecule has 2 aromatic heterocycles. The summed E-state index contributed by atoms with van der Waals surface area (Å²) in [6.45, 7) is 6.33. The van der Waals surface area contributed by atoms with Crippen LogP contribution >= 0.6 is 34.9 Å². The fraction of sp³-hybridized carbons (Fsp3) is 0.381. The molecule has 1 atom stereocenters. The Morgan fingerprint density at radius 3 is 3.00 bits per heavy atom. The van der Waals surface area contributed by atoms with Crippen LogP contribution in [0.25, 0.3) is 15.9 Å². The minimum atomic E-state index is -0.348. The van der Waals surface area contributed by atoms with Crippen molar-refractivity contribution in [1.82, 2.24) is 14.9 Å². The van der Waals surface area contributed by atoms with Gasteiger partial charge in [0.1, 0.15) is 4.83 Å². The van der Waals surface area contributed by atoms with Gasteiger partial charge in [0.2, 0.25) is 5.91 Å². The first-order valence-corrected chi connectivity index (χ1v) is 12.4. The molecule has 1 aliphatic rings. The molecule has 0 radical (unpaired) electrons. The number of carbonyl (C=O) groups excluding carboxylic acids is 1. The average molecular weight is 446 g/mol. The van der Waals surface area contributed by atoms with E-state index >= 15 is 0 Å². The summed E-state index contributed by atoms with van der Waals surface area (Å²) >= 11 is 4.76. The summed E-state index contributed by atoms with van der Waals surface area (Å²) in [6.07, 6.45) is 2.01.